The summed E-state index contributed by atoms with van der Waals surface area (Å²) in [6.07, 6.45) is 4.91. The van der Waals surface area contributed by atoms with Gasteiger partial charge in [0, 0.05) is 19.1 Å². The van der Waals surface area contributed by atoms with Gasteiger partial charge in [-0.2, -0.15) is 0 Å². The molecule has 0 unspecified atom stereocenters. The van der Waals surface area contributed by atoms with Gasteiger partial charge in [-0.05, 0) is 37.5 Å². The summed E-state index contributed by atoms with van der Waals surface area (Å²) in [5, 5.41) is 12.1. The topological polar surface area (TPSA) is 49.3 Å². The van der Waals surface area contributed by atoms with E-state index in [9.17, 15) is 4.79 Å². The van der Waals surface area contributed by atoms with E-state index in [4.69, 9.17) is 5.11 Å². The van der Waals surface area contributed by atoms with Crippen LogP contribution in [0.1, 0.15) is 46.0 Å². The highest BCUT2D eigenvalue weighted by Gasteiger charge is 2.32. The highest BCUT2D eigenvalue weighted by atomic mass is 16.3. The Balaban J connectivity index is 2.38. The summed E-state index contributed by atoms with van der Waals surface area (Å²) in [6.45, 7) is 5.18. The Bertz CT molecular complexity index is 208. The minimum absolute atomic E-state index is 0.0965. The zero-order valence-electron chi connectivity index (χ0n) is 9.88. The van der Waals surface area contributed by atoms with Gasteiger partial charge in [0.2, 0.25) is 5.91 Å². The monoisotopic (exact) mass is 213 g/mol. The van der Waals surface area contributed by atoms with E-state index < -0.39 is 0 Å². The molecule has 0 aromatic rings. The number of rotatable bonds is 7. The molecule has 1 aliphatic rings. The SMILES string of the molecule is CCC(CC)(CCO)CNC(=O)C1CC1. The quantitative estimate of drug-likeness (QED) is 0.676. The molecule has 3 nitrogen and oxygen atoms in total. The fraction of sp³-hybridized carbons (Fsp3) is 0.917. The molecular formula is C12H23NO2. The van der Waals surface area contributed by atoms with Crippen LogP contribution >= 0.6 is 0 Å². The second-order valence-electron chi connectivity index (χ2n) is 4.67. The van der Waals surface area contributed by atoms with Crippen LogP contribution in [0, 0.1) is 11.3 Å². The van der Waals surface area contributed by atoms with Gasteiger partial charge in [0.1, 0.15) is 0 Å². The molecule has 0 aromatic heterocycles. The average molecular weight is 213 g/mol. The van der Waals surface area contributed by atoms with Crippen LogP contribution in [-0.4, -0.2) is 24.2 Å². The maximum Gasteiger partial charge on any atom is 0.223 e. The summed E-state index contributed by atoms with van der Waals surface area (Å²) in [4.78, 5) is 11.5. The molecule has 0 radical (unpaired) electrons. The third kappa shape index (κ3) is 3.49. The van der Waals surface area contributed by atoms with Crippen LogP contribution in [-0.2, 0) is 4.79 Å². The molecule has 1 fully saturated rings. The lowest BCUT2D eigenvalue weighted by atomic mass is 9.79. The predicted octanol–water partition coefficient (Wildman–Crippen LogP) is 1.70. The Hall–Kier alpha value is -0.570. The van der Waals surface area contributed by atoms with E-state index in [1.165, 1.54) is 0 Å². The van der Waals surface area contributed by atoms with Gasteiger partial charge in [-0.3, -0.25) is 4.79 Å². The van der Waals surface area contributed by atoms with Gasteiger partial charge in [-0.1, -0.05) is 13.8 Å². The Labute approximate surface area is 92.3 Å². The number of aliphatic hydroxyl groups excluding tert-OH is 1. The molecule has 0 saturated heterocycles. The minimum Gasteiger partial charge on any atom is -0.396 e. The minimum atomic E-state index is 0.0965. The molecule has 15 heavy (non-hydrogen) atoms. The molecule has 1 amide bonds. The van der Waals surface area contributed by atoms with E-state index >= 15 is 0 Å². The number of carbonyl (C=O) groups is 1. The van der Waals surface area contributed by atoms with Crippen LogP contribution in [0.5, 0.6) is 0 Å². The fourth-order valence-corrected chi connectivity index (χ4v) is 1.94. The van der Waals surface area contributed by atoms with E-state index in [0.717, 1.165) is 38.6 Å². The fourth-order valence-electron chi connectivity index (χ4n) is 1.94. The number of carbonyl (C=O) groups excluding carboxylic acids is 1. The largest absolute Gasteiger partial charge is 0.396 e. The van der Waals surface area contributed by atoms with Crippen molar-refractivity contribution in [2.75, 3.05) is 13.2 Å². The summed E-state index contributed by atoms with van der Waals surface area (Å²) in [5.74, 6) is 0.491. The number of amides is 1. The van der Waals surface area contributed by atoms with Crippen molar-refractivity contribution < 1.29 is 9.90 Å². The number of aliphatic hydroxyl groups is 1. The zero-order valence-corrected chi connectivity index (χ0v) is 9.88. The third-order valence-corrected chi connectivity index (χ3v) is 3.73. The second-order valence-corrected chi connectivity index (χ2v) is 4.67. The highest BCUT2D eigenvalue weighted by molar-refractivity contribution is 5.80. The summed E-state index contributed by atoms with van der Waals surface area (Å²) in [6, 6.07) is 0. The molecule has 2 N–H and O–H groups in total. The summed E-state index contributed by atoms with van der Waals surface area (Å²) in [7, 11) is 0. The molecule has 0 spiro atoms. The first-order valence-corrected chi connectivity index (χ1v) is 6.06. The molecule has 0 bridgehead atoms. The van der Waals surface area contributed by atoms with Crippen LogP contribution in [0.2, 0.25) is 0 Å². The van der Waals surface area contributed by atoms with Crippen molar-refractivity contribution in [1.29, 1.82) is 0 Å². The zero-order chi connectivity index (χ0) is 11.3. The van der Waals surface area contributed by atoms with Crippen molar-refractivity contribution in [2.45, 2.75) is 46.0 Å². The molecule has 0 heterocycles. The van der Waals surface area contributed by atoms with Gasteiger partial charge in [0.25, 0.3) is 0 Å². The van der Waals surface area contributed by atoms with E-state index in [1.807, 2.05) is 0 Å². The number of hydrogen-bond acceptors (Lipinski definition) is 2. The van der Waals surface area contributed by atoms with Gasteiger partial charge in [-0.25, -0.2) is 0 Å². The van der Waals surface area contributed by atoms with E-state index in [1.54, 1.807) is 0 Å². The first-order chi connectivity index (χ1) is 7.17. The van der Waals surface area contributed by atoms with Crippen molar-refractivity contribution in [3.8, 4) is 0 Å². The van der Waals surface area contributed by atoms with Crippen LogP contribution in [0.25, 0.3) is 0 Å². The normalized spacial score (nSPS) is 16.5. The molecule has 0 atom stereocenters. The van der Waals surface area contributed by atoms with Gasteiger partial charge in [0.15, 0.2) is 0 Å². The highest BCUT2D eigenvalue weighted by Crippen LogP contribution is 2.32. The Kier molecular flexibility index (Phi) is 4.58. The van der Waals surface area contributed by atoms with Crippen molar-refractivity contribution in [3.63, 3.8) is 0 Å². The second kappa shape index (κ2) is 5.50. The lowest BCUT2D eigenvalue weighted by Crippen LogP contribution is -2.38. The predicted molar refractivity (Wildman–Crippen MR) is 60.5 cm³/mol. The summed E-state index contributed by atoms with van der Waals surface area (Å²) in [5.41, 5.74) is 0.0965. The van der Waals surface area contributed by atoms with E-state index in [0.29, 0.717) is 0 Å². The van der Waals surface area contributed by atoms with Gasteiger partial charge >= 0.3 is 0 Å². The smallest absolute Gasteiger partial charge is 0.223 e. The molecule has 3 heteroatoms. The van der Waals surface area contributed by atoms with Crippen molar-refractivity contribution in [3.05, 3.63) is 0 Å². The third-order valence-electron chi connectivity index (χ3n) is 3.73. The molecule has 0 aliphatic heterocycles. The molecular weight excluding hydrogens is 190 g/mol. The number of nitrogens with one attached hydrogen (secondary N) is 1. The van der Waals surface area contributed by atoms with Crippen LogP contribution in [0.3, 0.4) is 0 Å². The first kappa shape index (κ1) is 12.5. The van der Waals surface area contributed by atoms with Crippen molar-refractivity contribution in [2.24, 2.45) is 11.3 Å². The van der Waals surface area contributed by atoms with Crippen LogP contribution < -0.4 is 5.32 Å². The van der Waals surface area contributed by atoms with Crippen molar-refractivity contribution in [1.82, 2.24) is 5.32 Å². The lowest BCUT2D eigenvalue weighted by Gasteiger charge is -2.31. The van der Waals surface area contributed by atoms with E-state index in [-0.39, 0.29) is 23.8 Å². The summed E-state index contributed by atoms with van der Waals surface area (Å²) < 4.78 is 0. The standard InChI is InChI=1S/C12H23NO2/c1-3-12(4-2,7-8-14)9-13-11(15)10-5-6-10/h10,14H,3-9H2,1-2H3,(H,13,15). The number of hydrogen-bond donors (Lipinski definition) is 2. The van der Waals surface area contributed by atoms with Gasteiger partial charge < -0.3 is 10.4 Å². The average Bonchev–Trinajstić information content (AvgIpc) is 3.07. The molecule has 1 saturated carbocycles. The maximum absolute atomic E-state index is 11.5. The van der Waals surface area contributed by atoms with Crippen molar-refractivity contribution >= 4 is 5.91 Å². The van der Waals surface area contributed by atoms with E-state index in [2.05, 4.69) is 19.2 Å². The molecule has 1 rings (SSSR count). The molecule has 1 aliphatic carbocycles. The van der Waals surface area contributed by atoms with Gasteiger partial charge in [0.05, 0.1) is 0 Å². The summed E-state index contributed by atoms with van der Waals surface area (Å²) >= 11 is 0. The maximum atomic E-state index is 11.5. The van der Waals surface area contributed by atoms with Crippen LogP contribution in [0.4, 0.5) is 0 Å². The Morgan fingerprint density at radius 1 is 1.40 bits per heavy atom. The molecule has 0 aromatic carbocycles. The molecule has 88 valence electrons. The van der Waals surface area contributed by atoms with Gasteiger partial charge in [-0.15, -0.1) is 0 Å². The van der Waals surface area contributed by atoms with Crippen LogP contribution in [0.15, 0.2) is 0 Å². The Morgan fingerprint density at radius 3 is 2.40 bits per heavy atom. The Morgan fingerprint density at radius 2 is 2.00 bits per heavy atom. The lowest BCUT2D eigenvalue weighted by molar-refractivity contribution is -0.122. The first-order valence-electron chi connectivity index (χ1n) is 6.06.